The molecule has 1 saturated heterocycles. The van der Waals surface area contributed by atoms with Gasteiger partial charge in [-0.05, 0) is 44.4 Å². The number of ether oxygens (including phenoxy) is 4. The molecular formula is C20H33NO5. The number of hydrogen-bond acceptors (Lipinski definition) is 6. The highest BCUT2D eigenvalue weighted by atomic mass is 16.5. The molecule has 0 bridgehead atoms. The van der Waals surface area contributed by atoms with Crippen molar-refractivity contribution in [3.63, 3.8) is 0 Å². The fourth-order valence-corrected chi connectivity index (χ4v) is 3.17. The summed E-state index contributed by atoms with van der Waals surface area (Å²) >= 11 is 0. The molecule has 26 heavy (non-hydrogen) atoms. The van der Waals surface area contributed by atoms with Crippen molar-refractivity contribution in [2.24, 2.45) is 0 Å². The van der Waals surface area contributed by atoms with E-state index in [1.54, 1.807) is 14.2 Å². The van der Waals surface area contributed by atoms with E-state index < -0.39 is 6.10 Å². The number of methoxy groups -OCH3 is 2. The maximum atomic E-state index is 10.4. The van der Waals surface area contributed by atoms with E-state index in [1.807, 2.05) is 32.0 Å². The predicted octanol–water partition coefficient (Wildman–Crippen LogP) is 2.47. The first-order valence-electron chi connectivity index (χ1n) is 9.36. The Morgan fingerprint density at radius 3 is 2.62 bits per heavy atom. The zero-order valence-corrected chi connectivity index (χ0v) is 16.4. The molecule has 1 heterocycles. The minimum Gasteiger partial charge on any atom is -0.493 e. The minimum atomic E-state index is -0.529. The molecule has 0 aromatic heterocycles. The number of aliphatic hydroxyl groups excluding tert-OH is 1. The molecule has 1 aromatic rings. The van der Waals surface area contributed by atoms with E-state index in [-0.39, 0.29) is 12.2 Å². The van der Waals surface area contributed by atoms with Crippen molar-refractivity contribution in [2.45, 2.75) is 51.5 Å². The molecule has 1 fully saturated rings. The van der Waals surface area contributed by atoms with Crippen LogP contribution in [0.4, 0.5) is 0 Å². The van der Waals surface area contributed by atoms with Gasteiger partial charge in [0.25, 0.3) is 0 Å². The third-order valence-corrected chi connectivity index (χ3v) is 4.43. The van der Waals surface area contributed by atoms with Gasteiger partial charge in [0.2, 0.25) is 0 Å². The van der Waals surface area contributed by atoms with Gasteiger partial charge in [-0.15, -0.1) is 0 Å². The molecule has 2 atom stereocenters. The van der Waals surface area contributed by atoms with Crippen molar-refractivity contribution in [1.82, 2.24) is 4.90 Å². The van der Waals surface area contributed by atoms with Gasteiger partial charge in [0.1, 0.15) is 0 Å². The van der Waals surface area contributed by atoms with Crippen LogP contribution in [0.5, 0.6) is 11.5 Å². The number of nitrogens with zero attached hydrogens (tertiary/aromatic N) is 1. The van der Waals surface area contributed by atoms with E-state index >= 15 is 0 Å². The van der Waals surface area contributed by atoms with Gasteiger partial charge in [0.15, 0.2) is 11.5 Å². The third kappa shape index (κ3) is 6.76. The Labute approximate surface area is 157 Å². The van der Waals surface area contributed by atoms with Crippen LogP contribution in [-0.4, -0.2) is 68.8 Å². The fraction of sp³-hybridized carbons (Fsp3) is 0.700. The second-order valence-electron chi connectivity index (χ2n) is 7.05. The molecule has 0 saturated carbocycles. The van der Waals surface area contributed by atoms with Crippen LogP contribution in [0, 0.1) is 0 Å². The smallest absolute Gasteiger partial charge is 0.161 e. The van der Waals surface area contributed by atoms with Crippen molar-refractivity contribution in [3.05, 3.63) is 23.8 Å². The first-order valence-corrected chi connectivity index (χ1v) is 9.36. The Kier molecular flexibility index (Phi) is 8.65. The van der Waals surface area contributed by atoms with Gasteiger partial charge < -0.3 is 24.1 Å². The number of aliphatic hydroxyl groups is 1. The Morgan fingerprint density at radius 2 is 2.00 bits per heavy atom. The summed E-state index contributed by atoms with van der Waals surface area (Å²) in [5, 5.41) is 10.4. The van der Waals surface area contributed by atoms with E-state index in [2.05, 4.69) is 4.90 Å². The Hall–Kier alpha value is -1.34. The van der Waals surface area contributed by atoms with Gasteiger partial charge in [-0.1, -0.05) is 6.07 Å². The van der Waals surface area contributed by atoms with Gasteiger partial charge in [0, 0.05) is 26.2 Å². The van der Waals surface area contributed by atoms with Crippen LogP contribution in [0.15, 0.2) is 18.2 Å². The number of benzene rings is 1. The van der Waals surface area contributed by atoms with Crippen LogP contribution in [0.2, 0.25) is 0 Å². The molecule has 6 nitrogen and oxygen atoms in total. The zero-order valence-electron chi connectivity index (χ0n) is 16.4. The first-order chi connectivity index (χ1) is 12.5. The average Bonchev–Trinajstić information content (AvgIpc) is 3.12. The van der Waals surface area contributed by atoms with Crippen LogP contribution in [0.1, 0.15) is 32.3 Å². The molecule has 6 heteroatoms. The average molecular weight is 367 g/mol. The van der Waals surface area contributed by atoms with Gasteiger partial charge in [-0.3, -0.25) is 4.90 Å². The Bertz CT molecular complexity index is 531. The van der Waals surface area contributed by atoms with Crippen LogP contribution in [0.3, 0.4) is 0 Å². The van der Waals surface area contributed by atoms with Crippen molar-refractivity contribution in [1.29, 1.82) is 0 Å². The van der Waals surface area contributed by atoms with E-state index in [1.165, 1.54) is 0 Å². The van der Waals surface area contributed by atoms with Crippen LogP contribution < -0.4 is 9.47 Å². The highest BCUT2D eigenvalue weighted by Crippen LogP contribution is 2.28. The molecule has 2 rings (SSSR count). The SMILES string of the molecule is COc1ccc(CN(C[C@H](O)COC(C)C)C[C@@H]2CCCO2)cc1OC. The Morgan fingerprint density at radius 1 is 1.23 bits per heavy atom. The maximum Gasteiger partial charge on any atom is 0.161 e. The summed E-state index contributed by atoms with van der Waals surface area (Å²) in [6, 6.07) is 5.93. The van der Waals surface area contributed by atoms with Gasteiger partial charge in [-0.2, -0.15) is 0 Å². The Balaban J connectivity index is 2.02. The molecule has 1 aliphatic heterocycles. The fourth-order valence-electron chi connectivity index (χ4n) is 3.17. The highest BCUT2D eigenvalue weighted by Gasteiger charge is 2.22. The van der Waals surface area contributed by atoms with Gasteiger partial charge in [0.05, 0.1) is 39.1 Å². The molecular weight excluding hydrogens is 334 g/mol. The van der Waals surface area contributed by atoms with Crippen LogP contribution >= 0.6 is 0 Å². The molecule has 148 valence electrons. The summed E-state index contributed by atoms with van der Waals surface area (Å²) in [5.41, 5.74) is 1.11. The standard InChI is InChI=1S/C20H33NO5/c1-15(2)26-14-17(22)12-21(13-18-6-5-9-25-18)11-16-7-8-19(23-3)20(10-16)24-4/h7-8,10,15,17-18,22H,5-6,9,11-14H2,1-4H3/t17-,18-/m0/s1. The third-order valence-electron chi connectivity index (χ3n) is 4.43. The summed E-state index contributed by atoms with van der Waals surface area (Å²) in [5.74, 6) is 1.43. The quantitative estimate of drug-likeness (QED) is 0.648. The summed E-state index contributed by atoms with van der Waals surface area (Å²) in [4.78, 5) is 2.23. The summed E-state index contributed by atoms with van der Waals surface area (Å²) in [6.45, 7) is 7.16. The second-order valence-corrected chi connectivity index (χ2v) is 7.05. The van der Waals surface area contributed by atoms with E-state index in [0.717, 1.165) is 31.6 Å². The van der Waals surface area contributed by atoms with Crippen LogP contribution in [0.25, 0.3) is 0 Å². The van der Waals surface area contributed by atoms with Crippen molar-refractivity contribution in [3.8, 4) is 11.5 Å². The molecule has 0 aliphatic carbocycles. The predicted molar refractivity (Wildman–Crippen MR) is 101 cm³/mol. The molecule has 1 aliphatic rings. The topological polar surface area (TPSA) is 60.4 Å². The normalized spacial score (nSPS) is 18.5. The first kappa shape index (κ1) is 21.0. The lowest BCUT2D eigenvalue weighted by Crippen LogP contribution is -2.39. The van der Waals surface area contributed by atoms with E-state index in [0.29, 0.717) is 31.2 Å². The molecule has 0 radical (unpaired) electrons. The van der Waals surface area contributed by atoms with Gasteiger partial charge >= 0.3 is 0 Å². The van der Waals surface area contributed by atoms with E-state index in [9.17, 15) is 5.11 Å². The zero-order chi connectivity index (χ0) is 18.9. The lowest BCUT2D eigenvalue weighted by atomic mass is 10.1. The van der Waals surface area contributed by atoms with Crippen molar-refractivity contribution < 1.29 is 24.1 Å². The molecule has 0 spiro atoms. The highest BCUT2D eigenvalue weighted by molar-refractivity contribution is 5.42. The summed E-state index contributed by atoms with van der Waals surface area (Å²) < 4.78 is 22.0. The molecule has 0 amide bonds. The minimum absolute atomic E-state index is 0.113. The lowest BCUT2D eigenvalue weighted by Gasteiger charge is -2.28. The summed E-state index contributed by atoms with van der Waals surface area (Å²) in [6.07, 6.45) is 1.99. The molecule has 1 aromatic carbocycles. The lowest BCUT2D eigenvalue weighted by molar-refractivity contribution is -0.0172. The van der Waals surface area contributed by atoms with E-state index in [4.69, 9.17) is 18.9 Å². The van der Waals surface area contributed by atoms with Crippen molar-refractivity contribution >= 4 is 0 Å². The second kappa shape index (κ2) is 10.7. The van der Waals surface area contributed by atoms with Crippen molar-refractivity contribution in [2.75, 3.05) is 40.5 Å². The largest absolute Gasteiger partial charge is 0.493 e. The summed E-state index contributed by atoms with van der Waals surface area (Å²) in [7, 11) is 3.27. The maximum absolute atomic E-state index is 10.4. The number of hydrogen-bond donors (Lipinski definition) is 1. The van der Waals surface area contributed by atoms with Crippen LogP contribution in [-0.2, 0) is 16.0 Å². The number of rotatable bonds is 11. The monoisotopic (exact) mass is 367 g/mol. The van der Waals surface area contributed by atoms with Gasteiger partial charge in [-0.25, -0.2) is 0 Å². The molecule has 1 N–H and O–H groups in total. The molecule has 0 unspecified atom stereocenters.